The number of nitrogens with one attached hydrogen (secondary N) is 1. The van der Waals surface area contributed by atoms with E-state index in [0.29, 0.717) is 43.2 Å². The molecule has 2 amide bonds. The van der Waals surface area contributed by atoms with Crippen LogP contribution in [0.5, 0.6) is 5.88 Å². The molecular formula is C19H24FN5O3. The molecule has 0 bridgehead atoms. The van der Waals surface area contributed by atoms with E-state index < -0.39 is 0 Å². The number of amides is 2. The van der Waals surface area contributed by atoms with Crippen LogP contribution in [0, 0.1) is 5.82 Å². The summed E-state index contributed by atoms with van der Waals surface area (Å²) in [7, 11) is 3.24. The van der Waals surface area contributed by atoms with Crippen LogP contribution in [-0.2, 0) is 7.05 Å². The monoisotopic (exact) mass is 389 g/mol. The van der Waals surface area contributed by atoms with Crippen LogP contribution in [0.15, 0.2) is 30.5 Å². The summed E-state index contributed by atoms with van der Waals surface area (Å²) in [5.74, 6) is -0.349. The van der Waals surface area contributed by atoms with Gasteiger partial charge in [0.05, 0.1) is 7.11 Å². The zero-order chi connectivity index (χ0) is 20.1. The molecule has 0 radical (unpaired) electrons. The average Bonchev–Trinajstić information content (AvgIpc) is 3.09. The first-order chi connectivity index (χ1) is 13.5. The molecule has 3 rings (SSSR count). The number of benzene rings is 1. The largest absolute Gasteiger partial charge is 0.479 e. The molecule has 1 aromatic carbocycles. The fraction of sp³-hybridized carbons (Fsp3) is 0.421. The molecule has 1 aromatic heterocycles. The third-order valence-electron chi connectivity index (χ3n) is 4.70. The van der Waals surface area contributed by atoms with Gasteiger partial charge in [-0.1, -0.05) is 0 Å². The van der Waals surface area contributed by atoms with E-state index in [0.717, 1.165) is 13.1 Å². The number of methoxy groups -OCH3 is 1. The average molecular weight is 389 g/mol. The van der Waals surface area contributed by atoms with Gasteiger partial charge in [-0.2, -0.15) is 0 Å². The van der Waals surface area contributed by atoms with Crippen LogP contribution in [0.4, 0.5) is 4.39 Å². The van der Waals surface area contributed by atoms with Gasteiger partial charge in [0.25, 0.3) is 11.8 Å². The van der Waals surface area contributed by atoms with E-state index in [9.17, 15) is 14.0 Å². The number of halogens is 1. The number of carbonyl (C=O) groups is 2. The van der Waals surface area contributed by atoms with E-state index in [1.807, 2.05) is 0 Å². The Morgan fingerprint density at radius 3 is 2.50 bits per heavy atom. The summed E-state index contributed by atoms with van der Waals surface area (Å²) < 4.78 is 19.6. The topological polar surface area (TPSA) is 79.7 Å². The highest BCUT2D eigenvalue weighted by Gasteiger charge is 2.26. The van der Waals surface area contributed by atoms with Crippen molar-refractivity contribution in [2.75, 3.05) is 46.4 Å². The van der Waals surface area contributed by atoms with Crippen LogP contribution in [0.3, 0.4) is 0 Å². The van der Waals surface area contributed by atoms with Crippen molar-refractivity contribution in [3.63, 3.8) is 0 Å². The van der Waals surface area contributed by atoms with Crippen molar-refractivity contribution in [3.05, 3.63) is 47.4 Å². The van der Waals surface area contributed by atoms with Gasteiger partial charge < -0.3 is 15.0 Å². The van der Waals surface area contributed by atoms with Gasteiger partial charge in [-0.05, 0) is 24.3 Å². The first-order valence-electron chi connectivity index (χ1n) is 9.11. The van der Waals surface area contributed by atoms with Crippen molar-refractivity contribution in [1.29, 1.82) is 0 Å². The lowest BCUT2D eigenvalue weighted by atomic mass is 10.2. The van der Waals surface area contributed by atoms with E-state index in [-0.39, 0.29) is 17.6 Å². The first-order valence-corrected chi connectivity index (χ1v) is 9.11. The van der Waals surface area contributed by atoms with Crippen LogP contribution in [-0.4, -0.2) is 77.8 Å². The molecule has 1 aliphatic heterocycles. The first kappa shape index (κ1) is 19.8. The third-order valence-corrected chi connectivity index (χ3v) is 4.70. The van der Waals surface area contributed by atoms with Crippen LogP contribution in [0.25, 0.3) is 0 Å². The second-order valence-electron chi connectivity index (χ2n) is 6.62. The summed E-state index contributed by atoms with van der Waals surface area (Å²) in [4.78, 5) is 28.7. The van der Waals surface area contributed by atoms with E-state index >= 15 is 0 Å². The van der Waals surface area contributed by atoms with Gasteiger partial charge in [0.15, 0.2) is 0 Å². The fourth-order valence-corrected chi connectivity index (χ4v) is 3.14. The molecule has 28 heavy (non-hydrogen) atoms. The molecule has 2 aromatic rings. The van der Waals surface area contributed by atoms with Crippen molar-refractivity contribution in [2.45, 2.75) is 0 Å². The molecule has 2 heterocycles. The molecule has 1 N–H and O–H groups in total. The molecule has 1 saturated heterocycles. The number of aromatic nitrogens is 2. The molecule has 0 spiro atoms. The van der Waals surface area contributed by atoms with Crippen molar-refractivity contribution in [1.82, 2.24) is 24.9 Å². The maximum atomic E-state index is 12.9. The van der Waals surface area contributed by atoms with Gasteiger partial charge in [-0.15, -0.1) is 5.10 Å². The number of hydrogen-bond acceptors (Lipinski definition) is 5. The normalized spacial score (nSPS) is 14.8. The number of piperazine rings is 1. The van der Waals surface area contributed by atoms with Crippen LogP contribution < -0.4 is 10.1 Å². The van der Waals surface area contributed by atoms with E-state index in [4.69, 9.17) is 4.74 Å². The number of nitrogens with zero attached hydrogens (tertiary/aromatic N) is 4. The summed E-state index contributed by atoms with van der Waals surface area (Å²) in [5, 5.41) is 6.95. The number of rotatable bonds is 6. The Morgan fingerprint density at radius 1 is 1.18 bits per heavy atom. The fourth-order valence-electron chi connectivity index (χ4n) is 3.14. The second kappa shape index (κ2) is 8.83. The van der Waals surface area contributed by atoms with Gasteiger partial charge in [0.1, 0.15) is 11.4 Å². The van der Waals surface area contributed by atoms with Gasteiger partial charge in [0.2, 0.25) is 5.88 Å². The van der Waals surface area contributed by atoms with Crippen LogP contribution in [0.1, 0.15) is 20.7 Å². The SMILES string of the molecule is COc1nn(C)cc1C(=O)N1CCN(CCNC(=O)c2ccc(F)cc2)CC1. The summed E-state index contributed by atoms with van der Waals surface area (Å²) >= 11 is 0. The Kier molecular flexibility index (Phi) is 6.25. The van der Waals surface area contributed by atoms with Crippen molar-refractivity contribution in [3.8, 4) is 5.88 Å². The van der Waals surface area contributed by atoms with Crippen LogP contribution >= 0.6 is 0 Å². The lowest BCUT2D eigenvalue weighted by molar-refractivity contribution is 0.0635. The van der Waals surface area contributed by atoms with Crippen molar-refractivity contribution >= 4 is 11.8 Å². The predicted molar refractivity (Wildman–Crippen MR) is 101 cm³/mol. The molecule has 0 unspecified atom stereocenters. The Morgan fingerprint density at radius 2 is 1.86 bits per heavy atom. The molecular weight excluding hydrogens is 365 g/mol. The minimum atomic E-state index is -0.368. The molecule has 0 saturated carbocycles. The smallest absolute Gasteiger partial charge is 0.261 e. The highest BCUT2D eigenvalue weighted by molar-refractivity contribution is 5.96. The second-order valence-corrected chi connectivity index (χ2v) is 6.62. The Labute approximate surface area is 162 Å². The van der Waals surface area contributed by atoms with Crippen LogP contribution in [0.2, 0.25) is 0 Å². The van der Waals surface area contributed by atoms with Gasteiger partial charge in [-0.3, -0.25) is 19.2 Å². The van der Waals surface area contributed by atoms with Crippen molar-refractivity contribution < 1.29 is 18.7 Å². The van der Waals surface area contributed by atoms with Gasteiger partial charge in [0, 0.05) is 58.1 Å². The summed E-state index contributed by atoms with van der Waals surface area (Å²) in [5.41, 5.74) is 0.896. The Bertz CT molecular complexity index is 829. The maximum absolute atomic E-state index is 12.9. The zero-order valence-corrected chi connectivity index (χ0v) is 16.0. The van der Waals surface area contributed by atoms with E-state index in [2.05, 4.69) is 15.3 Å². The predicted octanol–water partition coefficient (Wildman–Crippen LogP) is 0.756. The molecule has 0 atom stereocenters. The number of aryl methyl sites for hydroxylation is 1. The highest BCUT2D eigenvalue weighted by Crippen LogP contribution is 2.18. The lowest BCUT2D eigenvalue weighted by Crippen LogP contribution is -2.50. The molecule has 1 fully saturated rings. The Balaban J connectivity index is 1.43. The summed E-state index contributed by atoms with van der Waals surface area (Å²) in [6.07, 6.45) is 1.67. The number of ether oxygens (including phenoxy) is 1. The Hall–Kier alpha value is -2.94. The van der Waals surface area contributed by atoms with E-state index in [1.165, 1.54) is 31.4 Å². The van der Waals surface area contributed by atoms with Crippen molar-refractivity contribution in [2.24, 2.45) is 7.05 Å². The summed E-state index contributed by atoms with van der Waals surface area (Å²) in [6.45, 7) is 3.82. The van der Waals surface area contributed by atoms with E-state index in [1.54, 1.807) is 22.8 Å². The van der Waals surface area contributed by atoms with Gasteiger partial charge in [-0.25, -0.2) is 4.39 Å². The van der Waals surface area contributed by atoms with Gasteiger partial charge >= 0.3 is 0 Å². The zero-order valence-electron chi connectivity index (χ0n) is 16.0. The minimum absolute atomic E-state index is 0.0887. The highest BCUT2D eigenvalue weighted by atomic mass is 19.1. The quantitative estimate of drug-likeness (QED) is 0.789. The number of hydrogen-bond donors (Lipinski definition) is 1. The molecule has 8 nitrogen and oxygen atoms in total. The number of carbonyl (C=O) groups excluding carboxylic acids is 2. The minimum Gasteiger partial charge on any atom is -0.479 e. The standard InChI is InChI=1S/C19H24FN5O3/c1-23-13-16(18(22-23)28-2)19(27)25-11-9-24(10-12-25)8-7-21-17(26)14-3-5-15(20)6-4-14/h3-6,13H,7-12H2,1-2H3,(H,21,26). The maximum Gasteiger partial charge on any atom is 0.261 e. The summed E-state index contributed by atoms with van der Waals surface area (Å²) in [6, 6.07) is 5.45. The molecule has 150 valence electrons. The molecule has 0 aliphatic carbocycles. The molecule has 9 heteroatoms. The lowest BCUT2D eigenvalue weighted by Gasteiger charge is -2.34. The molecule has 1 aliphatic rings. The third kappa shape index (κ3) is 4.66.